The summed E-state index contributed by atoms with van der Waals surface area (Å²) in [4.78, 5) is 47.7. The number of urea groups is 1. The maximum absolute atomic E-state index is 12.7. The van der Waals surface area contributed by atoms with Crippen LogP contribution in [-0.4, -0.2) is 92.3 Å². The molecular weight excluding hydrogens is 476 g/mol. The highest BCUT2D eigenvalue weighted by Gasteiger charge is 2.17. The number of nitrogens with zero attached hydrogens (tertiary/aromatic N) is 6. The van der Waals surface area contributed by atoms with Crippen LogP contribution in [0.2, 0.25) is 0 Å². The number of carbonyl (C=O) groups excluding carboxylic acids is 2. The van der Waals surface area contributed by atoms with Crippen molar-refractivity contribution in [1.29, 1.82) is 0 Å². The van der Waals surface area contributed by atoms with E-state index in [1.807, 2.05) is 19.1 Å². The molecule has 4 N–H and O–H groups in total. The van der Waals surface area contributed by atoms with Gasteiger partial charge in [-0.15, -0.1) is 0 Å². The van der Waals surface area contributed by atoms with Crippen LogP contribution in [0.4, 0.5) is 10.7 Å². The maximum Gasteiger partial charge on any atom is 0.321 e. The van der Waals surface area contributed by atoms with Crippen molar-refractivity contribution >= 4 is 28.9 Å². The summed E-state index contributed by atoms with van der Waals surface area (Å²) >= 11 is 0. The van der Waals surface area contributed by atoms with E-state index in [4.69, 9.17) is 4.74 Å². The number of nitrogens with one attached hydrogen (secondary N) is 4. The van der Waals surface area contributed by atoms with E-state index in [0.717, 1.165) is 38.5 Å². The topological polar surface area (TPSA) is 155 Å². The van der Waals surface area contributed by atoms with Crippen molar-refractivity contribution < 1.29 is 14.3 Å². The molecule has 1 aliphatic heterocycles. The molecule has 13 nitrogen and oxygen atoms in total. The zero-order valence-electron chi connectivity index (χ0n) is 20.4. The molecule has 0 saturated carbocycles. The van der Waals surface area contributed by atoms with Crippen molar-refractivity contribution in [3.63, 3.8) is 0 Å². The van der Waals surface area contributed by atoms with E-state index in [2.05, 4.69) is 45.8 Å². The second kappa shape index (κ2) is 11.1. The number of rotatable bonds is 8. The molecule has 0 radical (unpaired) electrons. The van der Waals surface area contributed by atoms with Crippen LogP contribution in [0.3, 0.4) is 0 Å². The number of hydrogen-bond acceptors (Lipinski definition) is 8. The van der Waals surface area contributed by atoms with E-state index in [-0.39, 0.29) is 11.9 Å². The second-order valence-corrected chi connectivity index (χ2v) is 8.41. The average molecular weight is 505 g/mol. The zero-order chi connectivity index (χ0) is 25.6. The molecule has 3 amide bonds. The predicted molar refractivity (Wildman–Crippen MR) is 137 cm³/mol. The minimum absolute atomic E-state index is 0.241. The van der Waals surface area contributed by atoms with Crippen molar-refractivity contribution in [1.82, 2.24) is 45.0 Å². The zero-order valence-corrected chi connectivity index (χ0v) is 20.4. The summed E-state index contributed by atoms with van der Waals surface area (Å²) in [7, 11) is 0. The molecule has 13 heteroatoms. The lowest BCUT2D eigenvalue weighted by atomic mass is 10.1. The number of aromatic nitrogens is 6. The van der Waals surface area contributed by atoms with Gasteiger partial charge in [-0.25, -0.2) is 24.7 Å². The molecule has 1 aliphatic rings. The number of carbonyl (C=O) groups is 2. The lowest BCUT2D eigenvalue weighted by Crippen LogP contribution is -2.41. The third-order valence-electron chi connectivity index (χ3n) is 5.88. The van der Waals surface area contributed by atoms with E-state index in [9.17, 15) is 9.59 Å². The second-order valence-electron chi connectivity index (χ2n) is 8.41. The molecule has 1 saturated heterocycles. The SMILES string of the molecule is CCNC(=O)Nc1nc2c(-c3ncccn3)cc(-n3cnc(C(=O)NCCN4CCOCC4)c3)cc2[nH]1. The van der Waals surface area contributed by atoms with Gasteiger partial charge in [0.25, 0.3) is 5.91 Å². The van der Waals surface area contributed by atoms with Gasteiger partial charge in [-0.1, -0.05) is 0 Å². The first kappa shape index (κ1) is 24.3. The molecule has 4 aromatic rings. The van der Waals surface area contributed by atoms with E-state index in [0.29, 0.717) is 47.2 Å². The van der Waals surface area contributed by atoms with E-state index in [1.165, 1.54) is 0 Å². The Bertz CT molecular complexity index is 1380. The summed E-state index contributed by atoms with van der Waals surface area (Å²) in [6.07, 6.45) is 6.55. The van der Waals surface area contributed by atoms with Crippen LogP contribution >= 0.6 is 0 Å². The first-order valence-electron chi connectivity index (χ1n) is 12.1. The fourth-order valence-corrected chi connectivity index (χ4v) is 4.06. The largest absolute Gasteiger partial charge is 0.379 e. The minimum atomic E-state index is -0.363. The minimum Gasteiger partial charge on any atom is -0.379 e. The Labute approximate surface area is 212 Å². The number of hydrogen-bond donors (Lipinski definition) is 4. The molecule has 1 aromatic carbocycles. The smallest absolute Gasteiger partial charge is 0.321 e. The third-order valence-corrected chi connectivity index (χ3v) is 5.88. The Morgan fingerprint density at radius 2 is 1.92 bits per heavy atom. The van der Waals surface area contributed by atoms with Crippen molar-refractivity contribution in [2.24, 2.45) is 0 Å². The highest BCUT2D eigenvalue weighted by Crippen LogP contribution is 2.29. The Hall–Kier alpha value is -4.36. The lowest BCUT2D eigenvalue weighted by molar-refractivity contribution is 0.0383. The van der Waals surface area contributed by atoms with Gasteiger partial charge in [-0.2, -0.15) is 0 Å². The summed E-state index contributed by atoms with van der Waals surface area (Å²) in [6, 6.07) is 5.10. The quantitative estimate of drug-likeness (QED) is 0.281. The number of fused-ring (bicyclic) bond motifs is 1. The van der Waals surface area contributed by atoms with E-state index >= 15 is 0 Å². The molecule has 3 aromatic heterocycles. The lowest BCUT2D eigenvalue weighted by Gasteiger charge is -2.26. The molecule has 4 heterocycles. The number of imidazole rings is 2. The van der Waals surface area contributed by atoms with Crippen molar-refractivity contribution in [2.45, 2.75) is 6.92 Å². The normalized spacial score (nSPS) is 14.0. The summed E-state index contributed by atoms with van der Waals surface area (Å²) < 4.78 is 7.11. The molecule has 0 spiro atoms. The Balaban J connectivity index is 1.38. The van der Waals surface area contributed by atoms with Crippen LogP contribution in [-0.2, 0) is 4.74 Å². The van der Waals surface area contributed by atoms with Gasteiger partial charge in [-0.3, -0.25) is 15.0 Å². The third kappa shape index (κ3) is 5.73. The number of ether oxygens (including phenoxy) is 1. The fourth-order valence-electron chi connectivity index (χ4n) is 4.06. The number of morpholine rings is 1. The number of amides is 3. The first-order valence-corrected chi connectivity index (χ1v) is 12.1. The standard InChI is InChI=1S/C24H28N10O3/c1-2-25-24(36)32-23-30-18-13-16(12-17(20(18)31-23)21-26-4-3-5-27-21)34-14-19(29-15-34)22(35)28-6-7-33-8-10-37-11-9-33/h3-5,12-15H,2,6-11H2,1H3,(H,28,35)(H3,25,30,31,32,36). The maximum atomic E-state index is 12.7. The molecule has 0 bridgehead atoms. The summed E-state index contributed by atoms with van der Waals surface area (Å²) in [5.41, 5.74) is 2.96. The van der Waals surface area contributed by atoms with Crippen LogP contribution in [0.5, 0.6) is 0 Å². The summed E-state index contributed by atoms with van der Waals surface area (Å²) in [6.45, 7) is 6.80. The number of H-pyrrole nitrogens is 1. The first-order chi connectivity index (χ1) is 18.1. The van der Waals surface area contributed by atoms with Gasteiger partial charge in [0.2, 0.25) is 5.95 Å². The van der Waals surface area contributed by atoms with E-state index in [1.54, 1.807) is 35.6 Å². The van der Waals surface area contributed by atoms with Gasteiger partial charge in [0.1, 0.15) is 17.5 Å². The van der Waals surface area contributed by atoms with Gasteiger partial charge >= 0.3 is 6.03 Å². The summed E-state index contributed by atoms with van der Waals surface area (Å²) in [5.74, 6) is 0.530. The van der Waals surface area contributed by atoms with Gasteiger partial charge in [0.05, 0.1) is 18.7 Å². The van der Waals surface area contributed by atoms with Crippen LogP contribution in [0, 0.1) is 0 Å². The van der Waals surface area contributed by atoms with Gasteiger partial charge in [0, 0.05) is 62.6 Å². The van der Waals surface area contributed by atoms with Crippen LogP contribution in [0.15, 0.2) is 43.1 Å². The van der Waals surface area contributed by atoms with Gasteiger partial charge in [0.15, 0.2) is 5.82 Å². The number of aromatic amines is 1. The van der Waals surface area contributed by atoms with Crippen molar-refractivity contribution in [3.05, 3.63) is 48.8 Å². The van der Waals surface area contributed by atoms with Crippen LogP contribution < -0.4 is 16.0 Å². The molecule has 5 rings (SSSR count). The fraction of sp³-hybridized carbons (Fsp3) is 0.333. The van der Waals surface area contributed by atoms with Crippen molar-refractivity contribution in [2.75, 3.05) is 51.3 Å². The Morgan fingerprint density at radius 1 is 1.11 bits per heavy atom. The highest BCUT2D eigenvalue weighted by atomic mass is 16.5. The Morgan fingerprint density at radius 3 is 2.70 bits per heavy atom. The van der Waals surface area contributed by atoms with Gasteiger partial charge < -0.3 is 24.9 Å². The molecular formula is C24H28N10O3. The molecule has 192 valence electrons. The average Bonchev–Trinajstić information content (AvgIpc) is 3.56. The molecule has 0 atom stereocenters. The van der Waals surface area contributed by atoms with E-state index < -0.39 is 0 Å². The summed E-state index contributed by atoms with van der Waals surface area (Å²) in [5, 5.41) is 8.30. The highest BCUT2D eigenvalue weighted by molar-refractivity contribution is 5.96. The molecule has 0 aliphatic carbocycles. The molecule has 0 unspecified atom stereocenters. The molecule has 1 fully saturated rings. The van der Waals surface area contributed by atoms with Crippen LogP contribution in [0.25, 0.3) is 28.1 Å². The molecule has 37 heavy (non-hydrogen) atoms. The number of benzene rings is 1. The monoisotopic (exact) mass is 504 g/mol. The van der Waals surface area contributed by atoms with Crippen molar-refractivity contribution in [3.8, 4) is 17.1 Å². The van der Waals surface area contributed by atoms with Gasteiger partial charge in [-0.05, 0) is 25.1 Å². The van der Waals surface area contributed by atoms with Crippen LogP contribution in [0.1, 0.15) is 17.4 Å². The number of anilines is 1. The predicted octanol–water partition coefficient (Wildman–Crippen LogP) is 1.41. The Kier molecular flexibility index (Phi) is 7.33.